The minimum Gasteiger partial charge on any atom is -0.309 e. The van der Waals surface area contributed by atoms with Gasteiger partial charge in [-0.1, -0.05) is 115 Å². The van der Waals surface area contributed by atoms with Gasteiger partial charge in [0.15, 0.2) is 0 Å². The molecular formula is C41H27N. The average molecular weight is 534 g/mol. The van der Waals surface area contributed by atoms with Crippen LogP contribution >= 0.6 is 0 Å². The molecular weight excluding hydrogens is 506 g/mol. The molecule has 196 valence electrons. The number of hydrogen-bond acceptors (Lipinski definition) is 1. The Kier molecular flexibility index (Phi) is 4.29. The van der Waals surface area contributed by atoms with Gasteiger partial charge in [0.1, 0.15) is 0 Å². The van der Waals surface area contributed by atoms with Crippen LogP contribution < -0.4 is 4.90 Å². The van der Waals surface area contributed by atoms with E-state index in [1.807, 2.05) is 0 Å². The Morgan fingerprint density at radius 1 is 0.405 bits per heavy atom. The van der Waals surface area contributed by atoms with Crippen molar-refractivity contribution in [2.45, 2.75) is 18.3 Å². The molecule has 1 nitrogen and oxygen atoms in total. The second-order valence-electron chi connectivity index (χ2n) is 12.1. The molecule has 0 heterocycles. The van der Waals surface area contributed by atoms with Crippen LogP contribution in [0.4, 0.5) is 17.1 Å². The quantitative estimate of drug-likeness (QED) is 0.204. The highest BCUT2D eigenvalue weighted by Crippen LogP contribution is 2.62. The fraction of sp³-hybridized carbons (Fsp3) is 0.0732. The van der Waals surface area contributed by atoms with E-state index in [2.05, 4.69) is 144 Å². The Morgan fingerprint density at radius 2 is 1.02 bits per heavy atom. The van der Waals surface area contributed by atoms with Gasteiger partial charge in [-0.15, -0.1) is 0 Å². The summed E-state index contributed by atoms with van der Waals surface area (Å²) in [6, 6.07) is 52.2. The second-order valence-corrected chi connectivity index (χ2v) is 12.1. The summed E-state index contributed by atoms with van der Waals surface area (Å²) in [4.78, 5) is 2.49. The minimum absolute atomic E-state index is 0.159. The van der Waals surface area contributed by atoms with Crippen molar-refractivity contribution in [3.05, 3.63) is 151 Å². The highest BCUT2D eigenvalue weighted by atomic mass is 15.1. The van der Waals surface area contributed by atoms with Gasteiger partial charge in [0.25, 0.3) is 0 Å². The first-order valence-corrected chi connectivity index (χ1v) is 15.0. The van der Waals surface area contributed by atoms with Crippen LogP contribution in [-0.4, -0.2) is 0 Å². The van der Waals surface area contributed by atoms with Gasteiger partial charge in [-0.2, -0.15) is 0 Å². The van der Waals surface area contributed by atoms with Gasteiger partial charge >= 0.3 is 0 Å². The maximum Gasteiger partial charge on any atom is 0.0540 e. The lowest BCUT2D eigenvalue weighted by Gasteiger charge is -2.33. The van der Waals surface area contributed by atoms with Gasteiger partial charge in [0.05, 0.1) is 11.4 Å². The van der Waals surface area contributed by atoms with E-state index in [1.165, 1.54) is 95.2 Å². The molecule has 0 N–H and O–H groups in total. The Labute approximate surface area is 244 Å². The number of fused-ring (bicyclic) bond motifs is 4. The van der Waals surface area contributed by atoms with E-state index >= 15 is 0 Å². The fourth-order valence-electron chi connectivity index (χ4n) is 8.05. The van der Waals surface area contributed by atoms with Crippen molar-refractivity contribution in [3.63, 3.8) is 0 Å². The van der Waals surface area contributed by atoms with Gasteiger partial charge in [0, 0.05) is 21.9 Å². The molecule has 0 aromatic heterocycles. The maximum atomic E-state index is 2.49. The van der Waals surface area contributed by atoms with Crippen molar-refractivity contribution in [1.29, 1.82) is 0 Å². The predicted octanol–water partition coefficient (Wildman–Crippen LogP) is 11.3. The lowest BCUT2D eigenvalue weighted by molar-refractivity contribution is 0.853. The molecule has 1 spiro atoms. The lowest BCUT2D eigenvalue weighted by Crippen LogP contribution is -2.17. The van der Waals surface area contributed by atoms with Crippen LogP contribution in [0.2, 0.25) is 0 Å². The van der Waals surface area contributed by atoms with Gasteiger partial charge in [-0.05, 0) is 91.7 Å². The van der Waals surface area contributed by atoms with E-state index in [9.17, 15) is 0 Å². The molecule has 8 aromatic carbocycles. The summed E-state index contributed by atoms with van der Waals surface area (Å²) in [7, 11) is 0. The van der Waals surface area contributed by atoms with Crippen molar-refractivity contribution in [2.75, 3.05) is 4.90 Å². The molecule has 0 amide bonds. The second kappa shape index (κ2) is 7.99. The molecule has 1 saturated carbocycles. The van der Waals surface area contributed by atoms with Gasteiger partial charge in [-0.3, -0.25) is 0 Å². The van der Waals surface area contributed by atoms with Crippen LogP contribution in [0, 0.1) is 0 Å². The Bertz CT molecular complexity index is 2340. The first-order chi connectivity index (χ1) is 20.8. The van der Waals surface area contributed by atoms with Crippen LogP contribution in [0.1, 0.15) is 24.0 Å². The molecule has 0 atom stereocenters. The normalized spacial score (nSPS) is 14.7. The Hall–Kier alpha value is -5.14. The van der Waals surface area contributed by atoms with Crippen LogP contribution in [0.15, 0.2) is 140 Å². The molecule has 0 radical (unpaired) electrons. The van der Waals surface area contributed by atoms with Gasteiger partial charge in [0.2, 0.25) is 0 Å². The number of anilines is 3. The van der Waals surface area contributed by atoms with E-state index in [1.54, 1.807) is 0 Å². The summed E-state index contributed by atoms with van der Waals surface area (Å²) in [5.41, 5.74) is 9.54. The third kappa shape index (κ3) is 2.83. The molecule has 10 rings (SSSR count). The highest BCUT2D eigenvalue weighted by molar-refractivity contribution is 6.26. The van der Waals surface area contributed by atoms with Crippen LogP contribution in [0.3, 0.4) is 0 Å². The Balaban J connectivity index is 1.31. The van der Waals surface area contributed by atoms with E-state index in [0.717, 1.165) is 0 Å². The third-order valence-corrected chi connectivity index (χ3v) is 10.0. The summed E-state index contributed by atoms with van der Waals surface area (Å²) in [6.07, 6.45) is 2.45. The standard InChI is InChI=1S/C41H27N/c1-2-10-29(11-3-1)42(36-22-19-28-17-16-26-8-6-9-27-18-20-33(36)39(28)38(26)27)37-23-21-35-40-31(13-7-14-32(37)40)30-12-4-5-15-34(30)41(35)24-25-41/h1-23H,24-25H2. The van der Waals surface area contributed by atoms with Gasteiger partial charge < -0.3 is 4.90 Å². The lowest BCUT2D eigenvalue weighted by atomic mass is 9.74. The van der Waals surface area contributed by atoms with E-state index < -0.39 is 0 Å². The SMILES string of the molecule is c1ccc(N(c2ccc3c4c(cccc24)-c2ccccc2C32CC2)c2ccc3ccc4cccc5ccc2c3c45)cc1. The first kappa shape index (κ1) is 22.5. The highest BCUT2D eigenvalue weighted by Gasteiger charge is 2.50. The number of para-hydroxylation sites is 1. The topological polar surface area (TPSA) is 3.24 Å². The molecule has 0 aliphatic heterocycles. The molecule has 0 unspecified atom stereocenters. The van der Waals surface area contributed by atoms with E-state index in [-0.39, 0.29) is 5.41 Å². The number of hydrogen-bond donors (Lipinski definition) is 0. The largest absolute Gasteiger partial charge is 0.309 e. The van der Waals surface area contributed by atoms with Crippen molar-refractivity contribution < 1.29 is 0 Å². The number of rotatable bonds is 3. The zero-order valence-electron chi connectivity index (χ0n) is 23.1. The van der Waals surface area contributed by atoms with E-state index in [4.69, 9.17) is 0 Å². The first-order valence-electron chi connectivity index (χ1n) is 15.0. The molecule has 0 saturated heterocycles. The van der Waals surface area contributed by atoms with Crippen molar-refractivity contribution in [2.24, 2.45) is 0 Å². The maximum absolute atomic E-state index is 2.49. The molecule has 1 heteroatoms. The number of nitrogens with zero attached hydrogens (tertiary/aromatic N) is 1. The summed E-state index contributed by atoms with van der Waals surface area (Å²) in [5.74, 6) is 0. The van der Waals surface area contributed by atoms with Crippen molar-refractivity contribution >= 4 is 60.2 Å². The van der Waals surface area contributed by atoms with Crippen LogP contribution in [0.5, 0.6) is 0 Å². The van der Waals surface area contributed by atoms with E-state index in [0.29, 0.717) is 0 Å². The summed E-state index contributed by atoms with van der Waals surface area (Å²) < 4.78 is 0. The van der Waals surface area contributed by atoms with Crippen molar-refractivity contribution in [3.8, 4) is 11.1 Å². The minimum atomic E-state index is 0.159. The molecule has 2 aliphatic rings. The smallest absolute Gasteiger partial charge is 0.0540 e. The Morgan fingerprint density at radius 3 is 1.83 bits per heavy atom. The molecule has 42 heavy (non-hydrogen) atoms. The molecule has 2 aliphatic carbocycles. The third-order valence-electron chi connectivity index (χ3n) is 10.0. The monoisotopic (exact) mass is 533 g/mol. The average Bonchev–Trinajstić information content (AvgIpc) is 3.85. The zero-order chi connectivity index (χ0) is 27.4. The zero-order valence-corrected chi connectivity index (χ0v) is 23.1. The van der Waals surface area contributed by atoms with Crippen molar-refractivity contribution in [1.82, 2.24) is 0 Å². The van der Waals surface area contributed by atoms with Crippen LogP contribution in [0.25, 0.3) is 54.2 Å². The molecule has 1 fully saturated rings. The molecule has 8 aromatic rings. The summed E-state index contributed by atoms with van der Waals surface area (Å²) >= 11 is 0. The predicted molar refractivity (Wildman–Crippen MR) is 178 cm³/mol. The summed E-state index contributed by atoms with van der Waals surface area (Å²) in [5, 5.41) is 10.6. The fourth-order valence-corrected chi connectivity index (χ4v) is 8.05. The summed E-state index contributed by atoms with van der Waals surface area (Å²) in [6.45, 7) is 0. The van der Waals surface area contributed by atoms with Crippen LogP contribution in [-0.2, 0) is 5.41 Å². The van der Waals surface area contributed by atoms with Gasteiger partial charge in [-0.25, -0.2) is 0 Å². The number of benzene rings is 8. The molecule has 0 bridgehead atoms.